The van der Waals surface area contributed by atoms with Crippen LogP contribution in [0.5, 0.6) is 0 Å². The van der Waals surface area contributed by atoms with Crippen LogP contribution < -0.4 is 4.90 Å². The fourth-order valence-electron chi connectivity index (χ4n) is 4.17. The third-order valence-electron chi connectivity index (χ3n) is 6.27. The summed E-state index contributed by atoms with van der Waals surface area (Å²) in [4.78, 5) is 14.1. The van der Waals surface area contributed by atoms with E-state index in [1.807, 2.05) is 30.3 Å². The van der Waals surface area contributed by atoms with Crippen LogP contribution in [-0.4, -0.2) is 19.2 Å². The number of unbranched alkanes of at least 4 members (excludes halogenated alkanes) is 3. The number of ether oxygens (including phenoxy) is 2. The molecular formula is C34H33Br2NO3. The highest BCUT2D eigenvalue weighted by Gasteiger charge is 2.12. The lowest BCUT2D eigenvalue weighted by molar-refractivity contribution is -0.137. The van der Waals surface area contributed by atoms with Gasteiger partial charge in [0.25, 0.3) is 0 Å². The number of halogens is 2. The highest BCUT2D eigenvalue weighted by Crippen LogP contribution is 2.35. The van der Waals surface area contributed by atoms with Crippen LogP contribution in [-0.2, 0) is 20.9 Å². The van der Waals surface area contributed by atoms with E-state index in [1.165, 1.54) is 6.08 Å². The molecule has 0 bridgehead atoms. The summed E-state index contributed by atoms with van der Waals surface area (Å²) in [7, 11) is 0. The van der Waals surface area contributed by atoms with E-state index < -0.39 is 0 Å². The number of hydrogen-bond donors (Lipinski definition) is 0. The fourth-order valence-corrected chi connectivity index (χ4v) is 4.70. The SMILES string of the molecule is O=C(C=Cc1ccccc1)OCCCCCCOCc1ccc(N(c2ccc(Br)cc2)c2ccc(Br)cc2)cc1. The molecule has 0 aliphatic carbocycles. The van der Waals surface area contributed by atoms with Gasteiger partial charge in [0.1, 0.15) is 0 Å². The van der Waals surface area contributed by atoms with Gasteiger partial charge in [0.15, 0.2) is 0 Å². The third-order valence-corrected chi connectivity index (χ3v) is 7.33. The molecule has 0 saturated heterocycles. The zero-order valence-electron chi connectivity index (χ0n) is 22.3. The average Bonchev–Trinajstić information content (AvgIpc) is 2.98. The van der Waals surface area contributed by atoms with Crippen molar-refractivity contribution in [2.24, 2.45) is 0 Å². The maximum Gasteiger partial charge on any atom is 0.330 e. The van der Waals surface area contributed by atoms with Crippen LogP contribution in [0.4, 0.5) is 17.1 Å². The Morgan fingerprint density at radius 2 is 1.18 bits per heavy atom. The molecule has 0 amide bonds. The largest absolute Gasteiger partial charge is 0.463 e. The van der Waals surface area contributed by atoms with Gasteiger partial charge in [-0.1, -0.05) is 80.7 Å². The van der Waals surface area contributed by atoms with Crippen molar-refractivity contribution in [3.8, 4) is 0 Å². The van der Waals surface area contributed by atoms with E-state index in [0.717, 1.165) is 62.8 Å². The van der Waals surface area contributed by atoms with E-state index >= 15 is 0 Å². The maximum atomic E-state index is 11.8. The molecule has 0 aromatic heterocycles. The van der Waals surface area contributed by atoms with Gasteiger partial charge in [0, 0.05) is 38.7 Å². The Morgan fingerprint density at radius 3 is 1.75 bits per heavy atom. The van der Waals surface area contributed by atoms with Crippen molar-refractivity contribution in [1.82, 2.24) is 0 Å². The molecule has 0 heterocycles. The van der Waals surface area contributed by atoms with Crippen LogP contribution in [0.25, 0.3) is 6.08 Å². The van der Waals surface area contributed by atoms with Gasteiger partial charge >= 0.3 is 5.97 Å². The van der Waals surface area contributed by atoms with Crippen LogP contribution in [0, 0.1) is 0 Å². The minimum Gasteiger partial charge on any atom is -0.463 e. The zero-order chi connectivity index (χ0) is 28.0. The molecule has 0 atom stereocenters. The van der Waals surface area contributed by atoms with Gasteiger partial charge in [-0.25, -0.2) is 4.79 Å². The summed E-state index contributed by atoms with van der Waals surface area (Å²) in [6, 6.07) is 34.9. The predicted octanol–water partition coefficient (Wildman–Crippen LogP) is 10.0. The summed E-state index contributed by atoms with van der Waals surface area (Å²) >= 11 is 7.07. The van der Waals surface area contributed by atoms with Crippen molar-refractivity contribution in [3.05, 3.63) is 129 Å². The molecule has 0 radical (unpaired) electrons. The minimum absolute atomic E-state index is 0.296. The van der Waals surface area contributed by atoms with E-state index in [1.54, 1.807) is 6.08 Å². The quantitative estimate of drug-likeness (QED) is 0.0765. The molecule has 6 heteroatoms. The Morgan fingerprint density at radius 1 is 0.650 bits per heavy atom. The topological polar surface area (TPSA) is 38.8 Å². The van der Waals surface area contributed by atoms with Crippen molar-refractivity contribution in [1.29, 1.82) is 0 Å². The Balaban J connectivity index is 1.16. The first-order valence-corrected chi connectivity index (χ1v) is 15.0. The van der Waals surface area contributed by atoms with Crippen molar-refractivity contribution < 1.29 is 14.3 Å². The van der Waals surface area contributed by atoms with E-state index in [9.17, 15) is 4.79 Å². The third kappa shape index (κ3) is 9.77. The van der Waals surface area contributed by atoms with Crippen LogP contribution in [0.3, 0.4) is 0 Å². The fraction of sp³-hybridized carbons (Fsp3) is 0.206. The lowest BCUT2D eigenvalue weighted by atomic mass is 10.1. The van der Waals surface area contributed by atoms with Crippen LogP contribution in [0.1, 0.15) is 36.8 Å². The molecule has 40 heavy (non-hydrogen) atoms. The molecule has 4 aromatic rings. The van der Waals surface area contributed by atoms with Crippen LogP contribution in [0.15, 0.2) is 118 Å². The molecule has 0 aliphatic rings. The lowest BCUT2D eigenvalue weighted by Gasteiger charge is -2.25. The monoisotopic (exact) mass is 661 g/mol. The Labute approximate surface area is 253 Å². The van der Waals surface area contributed by atoms with E-state index in [2.05, 4.69) is 110 Å². The second kappa shape index (κ2) is 16.2. The second-order valence-corrected chi connectivity index (χ2v) is 11.2. The van der Waals surface area contributed by atoms with Gasteiger partial charge in [-0.15, -0.1) is 0 Å². The minimum atomic E-state index is -0.296. The number of nitrogens with zero attached hydrogens (tertiary/aromatic N) is 1. The van der Waals surface area contributed by atoms with Gasteiger partial charge in [-0.2, -0.15) is 0 Å². The number of esters is 1. The molecule has 0 unspecified atom stereocenters. The van der Waals surface area contributed by atoms with Crippen molar-refractivity contribution in [2.45, 2.75) is 32.3 Å². The van der Waals surface area contributed by atoms with Gasteiger partial charge in [-0.3, -0.25) is 0 Å². The number of rotatable bonds is 14. The van der Waals surface area contributed by atoms with Gasteiger partial charge in [0.2, 0.25) is 0 Å². The molecule has 0 N–H and O–H groups in total. The van der Waals surface area contributed by atoms with Crippen molar-refractivity contribution in [2.75, 3.05) is 18.1 Å². The summed E-state index contributed by atoms with van der Waals surface area (Å²) < 4.78 is 13.3. The predicted molar refractivity (Wildman–Crippen MR) is 171 cm³/mol. The summed E-state index contributed by atoms with van der Waals surface area (Å²) in [5.41, 5.74) is 5.40. The first kappa shape index (κ1) is 29.8. The highest BCUT2D eigenvalue weighted by molar-refractivity contribution is 9.10. The van der Waals surface area contributed by atoms with Gasteiger partial charge in [0.05, 0.1) is 13.2 Å². The highest BCUT2D eigenvalue weighted by atomic mass is 79.9. The molecule has 4 nitrogen and oxygen atoms in total. The zero-order valence-corrected chi connectivity index (χ0v) is 25.5. The summed E-state index contributed by atoms with van der Waals surface area (Å²) in [5, 5.41) is 0. The average molecular weight is 663 g/mol. The molecule has 4 aromatic carbocycles. The Bertz CT molecular complexity index is 1290. The molecule has 0 aliphatic heterocycles. The normalized spacial score (nSPS) is 11.1. The smallest absolute Gasteiger partial charge is 0.330 e. The Hall–Kier alpha value is -3.19. The van der Waals surface area contributed by atoms with E-state index in [4.69, 9.17) is 9.47 Å². The number of hydrogen-bond acceptors (Lipinski definition) is 4. The van der Waals surface area contributed by atoms with Crippen molar-refractivity contribution >= 4 is 61.0 Å². The summed E-state index contributed by atoms with van der Waals surface area (Å²) in [5.74, 6) is -0.296. The lowest BCUT2D eigenvalue weighted by Crippen LogP contribution is -2.09. The van der Waals surface area contributed by atoms with Gasteiger partial charge < -0.3 is 14.4 Å². The first-order chi connectivity index (χ1) is 19.6. The van der Waals surface area contributed by atoms with Gasteiger partial charge in [-0.05, 0) is 97.1 Å². The standard InChI is InChI=1S/C34H33Br2NO3/c35-29-13-19-32(20-14-29)37(33-21-15-30(36)16-22-33)31-17-10-28(11-18-31)26-39-24-6-1-2-7-25-40-34(38)23-12-27-8-4-3-5-9-27/h3-5,8-23H,1-2,6-7,24-26H2. The second-order valence-electron chi connectivity index (χ2n) is 9.33. The number of carbonyl (C=O) groups excluding carboxylic acids is 1. The summed E-state index contributed by atoms with van der Waals surface area (Å²) in [6.45, 7) is 1.75. The molecule has 0 spiro atoms. The number of benzene rings is 4. The number of carbonyl (C=O) groups is 1. The van der Waals surface area contributed by atoms with Crippen LogP contribution >= 0.6 is 31.9 Å². The molecule has 4 rings (SSSR count). The van der Waals surface area contributed by atoms with E-state index in [-0.39, 0.29) is 5.97 Å². The maximum absolute atomic E-state index is 11.8. The van der Waals surface area contributed by atoms with Crippen molar-refractivity contribution in [3.63, 3.8) is 0 Å². The van der Waals surface area contributed by atoms with E-state index in [0.29, 0.717) is 19.8 Å². The van der Waals surface area contributed by atoms with Crippen LogP contribution in [0.2, 0.25) is 0 Å². The molecule has 206 valence electrons. The first-order valence-electron chi connectivity index (χ1n) is 13.5. The molecular weight excluding hydrogens is 630 g/mol. The molecule has 0 fully saturated rings. The Kier molecular flexibility index (Phi) is 12.0. The number of anilines is 3. The molecule has 0 saturated carbocycles. The summed E-state index contributed by atoms with van der Waals surface area (Å²) in [6.07, 6.45) is 7.16.